The summed E-state index contributed by atoms with van der Waals surface area (Å²) in [5.74, 6) is -0.304. The first-order valence-corrected chi connectivity index (χ1v) is 6.46. The predicted octanol–water partition coefficient (Wildman–Crippen LogP) is 3.79. The number of hydrogen-bond acceptors (Lipinski definition) is 2. The number of allylic oxidation sites excluding steroid dienone is 4. The molecule has 18 heavy (non-hydrogen) atoms. The van der Waals surface area contributed by atoms with E-state index in [0.717, 1.165) is 5.56 Å². The molecule has 0 aliphatic rings. The van der Waals surface area contributed by atoms with Gasteiger partial charge in [-0.1, -0.05) is 83.2 Å². The number of ether oxygens (including phenoxy) is 1. The van der Waals surface area contributed by atoms with Gasteiger partial charge in [0.25, 0.3) is 0 Å². The highest BCUT2D eigenvalue weighted by Crippen LogP contribution is 2.07. The molecule has 0 heterocycles. The molecule has 1 atom stereocenters. The lowest BCUT2D eigenvalue weighted by Gasteiger charge is -2.06. The van der Waals surface area contributed by atoms with E-state index in [1.54, 1.807) is 30.4 Å². The SMILES string of the molecule is C=C/C=C\C=C\C(Br)C(=O)OCc1ccccc1. The van der Waals surface area contributed by atoms with Crippen LogP contribution >= 0.6 is 15.9 Å². The van der Waals surface area contributed by atoms with Crippen LogP contribution in [-0.4, -0.2) is 10.8 Å². The number of carbonyl (C=O) groups excluding carboxylic acids is 1. The molecular weight excluding hydrogens is 292 g/mol. The summed E-state index contributed by atoms with van der Waals surface area (Å²) in [4.78, 5) is 11.2. The fourth-order valence-electron chi connectivity index (χ4n) is 1.19. The van der Waals surface area contributed by atoms with E-state index in [4.69, 9.17) is 4.74 Å². The fraction of sp³-hybridized carbons (Fsp3) is 0.133. The molecule has 0 aromatic heterocycles. The molecule has 1 aromatic carbocycles. The summed E-state index contributed by atoms with van der Waals surface area (Å²) >= 11 is 3.25. The maximum absolute atomic E-state index is 11.6. The van der Waals surface area contributed by atoms with Crippen molar-refractivity contribution in [2.24, 2.45) is 0 Å². The molecule has 1 aromatic rings. The Morgan fingerprint density at radius 1 is 1.28 bits per heavy atom. The Balaban J connectivity index is 2.38. The van der Waals surface area contributed by atoms with Crippen molar-refractivity contribution in [2.45, 2.75) is 11.4 Å². The van der Waals surface area contributed by atoms with E-state index in [-0.39, 0.29) is 12.6 Å². The third-order valence-corrected chi connectivity index (χ3v) is 2.77. The number of halogens is 1. The van der Waals surface area contributed by atoms with Crippen LogP contribution in [0.4, 0.5) is 0 Å². The van der Waals surface area contributed by atoms with E-state index in [1.165, 1.54) is 0 Å². The zero-order valence-corrected chi connectivity index (χ0v) is 11.5. The van der Waals surface area contributed by atoms with Crippen LogP contribution in [-0.2, 0) is 16.1 Å². The van der Waals surface area contributed by atoms with Gasteiger partial charge in [-0.2, -0.15) is 0 Å². The normalized spacial score (nSPS) is 12.7. The van der Waals surface area contributed by atoms with Gasteiger partial charge >= 0.3 is 5.97 Å². The summed E-state index contributed by atoms with van der Waals surface area (Å²) in [6, 6.07) is 9.58. The molecule has 0 aliphatic carbocycles. The van der Waals surface area contributed by atoms with Crippen molar-refractivity contribution < 1.29 is 9.53 Å². The van der Waals surface area contributed by atoms with Crippen molar-refractivity contribution in [3.05, 3.63) is 72.9 Å². The monoisotopic (exact) mass is 306 g/mol. The number of carbonyl (C=O) groups is 1. The average molecular weight is 307 g/mol. The molecular formula is C15H15BrO2. The molecule has 2 nitrogen and oxygen atoms in total. The summed E-state index contributed by atoms with van der Waals surface area (Å²) < 4.78 is 5.17. The van der Waals surface area contributed by atoms with Crippen LogP contribution in [0.1, 0.15) is 5.56 Å². The molecule has 0 N–H and O–H groups in total. The summed E-state index contributed by atoms with van der Waals surface area (Å²) in [5.41, 5.74) is 0.973. The number of esters is 1. The van der Waals surface area contributed by atoms with Crippen molar-refractivity contribution in [2.75, 3.05) is 0 Å². The van der Waals surface area contributed by atoms with E-state index in [1.807, 2.05) is 30.3 Å². The van der Waals surface area contributed by atoms with Crippen LogP contribution in [0.5, 0.6) is 0 Å². The van der Waals surface area contributed by atoms with Crippen LogP contribution < -0.4 is 0 Å². The quantitative estimate of drug-likeness (QED) is 0.454. The van der Waals surface area contributed by atoms with Crippen molar-refractivity contribution in [1.29, 1.82) is 0 Å². The molecule has 0 radical (unpaired) electrons. The van der Waals surface area contributed by atoms with Gasteiger partial charge in [0, 0.05) is 0 Å². The third-order valence-electron chi connectivity index (χ3n) is 2.09. The van der Waals surface area contributed by atoms with Gasteiger partial charge in [-0.15, -0.1) is 0 Å². The first-order valence-electron chi connectivity index (χ1n) is 5.54. The maximum atomic E-state index is 11.6. The predicted molar refractivity (Wildman–Crippen MR) is 77.4 cm³/mol. The van der Waals surface area contributed by atoms with Gasteiger partial charge in [-0.3, -0.25) is 4.79 Å². The second-order valence-electron chi connectivity index (χ2n) is 3.50. The lowest BCUT2D eigenvalue weighted by atomic mass is 10.2. The van der Waals surface area contributed by atoms with Gasteiger partial charge < -0.3 is 4.74 Å². The van der Waals surface area contributed by atoms with Crippen LogP contribution in [0.3, 0.4) is 0 Å². The Labute approximate surface area is 116 Å². The van der Waals surface area contributed by atoms with Gasteiger partial charge in [0.1, 0.15) is 11.4 Å². The zero-order valence-electron chi connectivity index (χ0n) is 9.96. The molecule has 0 spiro atoms. The molecule has 1 rings (SSSR count). The van der Waals surface area contributed by atoms with E-state index in [9.17, 15) is 4.79 Å². The first kappa shape index (κ1) is 14.5. The summed E-state index contributed by atoms with van der Waals surface area (Å²) in [6.45, 7) is 3.84. The lowest BCUT2D eigenvalue weighted by Crippen LogP contribution is -2.14. The van der Waals surface area contributed by atoms with Crippen LogP contribution in [0.15, 0.2) is 67.3 Å². The van der Waals surface area contributed by atoms with Crippen molar-refractivity contribution in [3.8, 4) is 0 Å². The second kappa shape index (κ2) is 8.48. The maximum Gasteiger partial charge on any atom is 0.323 e. The smallest absolute Gasteiger partial charge is 0.323 e. The van der Waals surface area contributed by atoms with Crippen LogP contribution in [0, 0.1) is 0 Å². The molecule has 1 unspecified atom stereocenters. The Morgan fingerprint density at radius 2 is 2.00 bits per heavy atom. The van der Waals surface area contributed by atoms with Crippen molar-refractivity contribution in [3.63, 3.8) is 0 Å². The van der Waals surface area contributed by atoms with Crippen molar-refractivity contribution >= 4 is 21.9 Å². The molecule has 3 heteroatoms. The molecule has 94 valence electrons. The van der Waals surface area contributed by atoms with Gasteiger partial charge in [0.05, 0.1) is 0 Å². The van der Waals surface area contributed by atoms with Gasteiger partial charge in [-0.05, 0) is 5.56 Å². The minimum atomic E-state index is -0.435. The highest BCUT2D eigenvalue weighted by Gasteiger charge is 2.12. The molecule has 0 saturated carbocycles. The first-order chi connectivity index (χ1) is 8.74. The summed E-state index contributed by atoms with van der Waals surface area (Å²) in [7, 11) is 0. The molecule has 0 fully saturated rings. The van der Waals surface area contributed by atoms with E-state index in [2.05, 4.69) is 22.5 Å². The molecule has 0 aliphatic heterocycles. The Kier molecular flexibility index (Phi) is 6.81. The fourth-order valence-corrected chi connectivity index (χ4v) is 1.50. The number of benzene rings is 1. The standard InChI is InChI=1S/C15H15BrO2/c1-2-3-4-8-11-14(16)15(17)18-12-13-9-6-5-7-10-13/h2-11,14H,1,12H2/b4-3-,11-8+. The number of hydrogen-bond donors (Lipinski definition) is 0. The van der Waals surface area contributed by atoms with Crippen molar-refractivity contribution in [1.82, 2.24) is 0 Å². The van der Waals surface area contributed by atoms with E-state index in [0.29, 0.717) is 0 Å². The highest BCUT2D eigenvalue weighted by atomic mass is 79.9. The summed E-state index contributed by atoms with van der Waals surface area (Å²) in [6.07, 6.45) is 8.73. The Hall–Kier alpha value is -1.61. The van der Waals surface area contributed by atoms with Crippen LogP contribution in [0.2, 0.25) is 0 Å². The second-order valence-corrected chi connectivity index (χ2v) is 4.49. The minimum Gasteiger partial charge on any atom is -0.460 e. The van der Waals surface area contributed by atoms with E-state index < -0.39 is 4.83 Å². The molecule has 0 saturated heterocycles. The Bertz CT molecular complexity index is 435. The Morgan fingerprint density at radius 3 is 2.67 bits per heavy atom. The van der Waals surface area contributed by atoms with Gasteiger partial charge in [-0.25, -0.2) is 0 Å². The third kappa shape index (κ3) is 5.64. The largest absolute Gasteiger partial charge is 0.460 e. The average Bonchev–Trinajstić information content (AvgIpc) is 2.42. The molecule has 0 amide bonds. The van der Waals surface area contributed by atoms with E-state index >= 15 is 0 Å². The number of rotatable bonds is 6. The topological polar surface area (TPSA) is 26.3 Å². The lowest BCUT2D eigenvalue weighted by molar-refractivity contribution is -0.143. The number of alkyl halides is 1. The zero-order chi connectivity index (χ0) is 13.2. The minimum absolute atomic E-state index is 0.290. The van der Waals surface area contributed by atoms with Gasteiger partial charge in [0.2, 0.25) is 0 Å². The van der Waals surface area contributed by atoms with Crippen LogP contribution in [0.25, 0.3) is 0 Å². The molecule has 0 bridgehead atoms. The van der Waals surface area contributed by atoms with Gasteiger partial charge in [0.15, 0.2) is 0 Å². The summed E-state index contributed by atoms with van der Waals surface area (Å²) in [5, 5.41) is 0. The highest BCUT2D eigenvalue weighted by molar-refractivity contribution is 9.10.